The molecule has 2 nitrogen and oxygen atoms in total. The summed E-state index contributed by atoms with van der Waals surface area (Å²) in [6, 6.07) is 5.70. The second-order valence-electron chi connectivity index (χ2n) is 4.94. The summed E-state index contributed by atoms with van der Waals surface area (Å²) >= 11 is 6.10. The lowest BCUT2D eigenvalue weighted by Gasteiger charge is -2.21. The standard InChI is InChI=1S/C14H16ClNO/c1-8-7-11(14(3,4)17)10-5-6-12(15)9(2)13(10)16-8/h5-7,17H,1-4H3. The molecule has 0 aliphatic rings. The van der Waals surface area contributed by atoms with Crippen LogP contribution in [0.4, 0.5) is 0 Å². The molecule has 1 heterocycles. The average Bonchev–Trinajstić information content (AvgIpc) is 2.22. The molecule has 0 spiro atoms. The summed E-state index contributed by atoms with van der Waals surface area (Å²) in [5.41, 5.74) is 2.72. The minimum atomic E-state index is -0.883. The van der Waals surface area contributed by atoms with Crippen LogP contribution in [0.2, 0.25) is 5.02 Å². The summed E-state index contributed by atoms with van der Waals surface area (Å²) in [6.07, 6.45) is 0. The van der Waals surface area contributed by atoms with Crippen LogP contribution in [0.3, 0.4) is 0 Å². The predicted molar refractivity (Wildman–Crippen MR) is 71.5 cm³/mol. The molecule has 2 aromatic rings. The Hall–Kier alpha value is -1.12. The van der Waals surface area contributed by atoms with Crippen LogP contribution in [-0.2, 0) is 5.60 Å². The Labute approximate surface area is 106 Å². The summed E-state index contributed by atoms with van der Waals surface area (Å²) in [7, 11) is 0. The number of rotatable bonds is 1. The first kappa shape index (κ1) is 12.3. The number of benzene rings is 1. The van der Waals surface area contributed by atoms with Gasteiger partial charge in [0.15, 0.2) is 0 Å². The molecule has 1 aromatic carbocycles. The monoisotopic (exact) mass is 249 g/mol. The fourth-order valence-electron chi connectivity index (χ4n) is 2.04. The van der Waals surface area contributed by atoms with E-state index in [2.05, 4.69) is 4.98 Å². The zero-order valence-corrected chi connectivity index (χ0v) is 11.3. The van der Waals surface area contributed by atoms with Crippen LogP contribution in [0.25, 0.3) is 10.9 Å². The van der Waals surface area contributed by atoms with E-state index in [0.717, 1.165) is 27.7 Å². The topological polar surface area (TPSA) is 33.1 Å². The number of pyridine rings is 1. The number of hydrogen-bond acceptors (Lipinski definition) is 2. The molecule has 0 saturated carbocycles. The Kier molecular flexibility index (Phi) is 2.88. The number of aliphatic hydroxyl groups is 1. The van der Waals surface area contributed by atoms with Crippen molar-refractivity contribution in [3.05, 3.63) is 40.0 Å². The molecule has 0 radical (unpaired) electrons. The molecule has 0 amide bonds. The summed E-state index contributed by atoms with van der Waals surface area (Å²) in [5, 5.41) is 11.9. The highest BCUT2D eigenvalue weighted by Gasteiger charge is 2.20. The molecule has 90 valence electrons. The van der Waals surface area contributed by atoms with Gasteiger partial charge >= 0.3 is 0 Å². The van der Waals surface area contributed by atoms with Gasteiger partial charge in [-0.2, -0.15) is 0 Å². The third kappa shape index (κ3) is 2.15. The van der Waals surface area contributed by atoms with E-state index in [4.69, 9.17) is 11.6 Å². The molecule has 0 atom stereocenters. The van der Waals surface area contributed by atoms with Gasteiger partial charge < -0.3 is 5.11 Å². The van der Waals surface area contributed by atoms with Gasteiger partial charge in [-0.25, -0.2) is 0 Å². The third-order valence-corrected chi connectivity index (χ3v) is 3.37. The molecule has 17 heavy (non-hydrogen) atoms. The van der Waals surface area contributed by atoms with E-state index in [1.165, 1.54) is 0 Å². The van der Waals surface area contributed by atoms with Gasteiger partial charge in [0, 0.05) is 16.1 Å². The molecular formula is C14H16ClNO. The van der Waals surface area contributed by atoms with Crippen LogP contribution < -0.4 is 0 Å². The highest BCUT2D eigenvalue weighted by molar-refractivity contribution is 6.32. The molecular weight excluding hydrogens is 234 g/mol. The second kappa shape index (κ2) is 3.97. The SMILES string of the molecule is Cc1cc(C(C)(C)O)c2ccc(Cl)c(C)c2n1. The first-order valence-corrected chi connectivity index (χ1v) is 5.98. The van der Waals surface area contributed by atoms with Crippen LogP contribution in [0, 0.1) is 13.8 Å². The van der Waals surface area contributed by atoms with Gasteiger partial charge in [0.05, 0.1) is 11.1 Å². The van der Waals surface area contributed by atoms with Crippen molar-refractivity contribution < 1.29 is 5.11 Å². The molecule has 1 aromatic heterocycles. The maximum Gasteiger partial charge on any atom is 0.0847 e. The van der Waals surface area contributed by atoms with Crippen molar-refractivity contribution >= 4 is 22.5 Å². The van der Waals surface area contributed by atoms with Gasteiger partial charge in [0.1, 0.15) is 0 Å². The van der Waals surface area contributed by atoms with Gasteiger partial charge in [-0.1, -0.05) is 17.7 Å². The van der Waals surface area contributed by atoms with Crippen molar-refractivity contribution in [2.75, 3.05) is 0 Å². The first-order valence-electron chi connectivity index (χ1n) is 5.60. The van der Waals surface area contributed by atoms with Crippen molar-refractivity contribution in [3.8, 4) is 0 Å². The van der Waals surface area contributed by atoms with Crippen LogP contribution in [0.1, 0.15) is 30.7 Å². The highest BCUT2D eigenvalue weighted by atomic mass is 35.5. The molecule has 0 saturated heterocycles. The van der Waals surface area contributed by atoms with E-state index < -0.39 is 5.60 Å². The summed E-state index contributed by atoms with van der Waals surface area (Å²) in [4.78, 5) is 4.51. The van der Waals surface area contributed by atoms with Crippen LogP contribution in [-0.4, -0.2) is 10.1 Å². The number of nitrogens with zero attached hydrogens (tertiary/aromatic N) is 1. The highest BCUT2D eigenvalue weighted by Crippen LogP contribution is 2.32. The minimum Gasteiger partial charge on any atom is -0.386 e. The van der Waals surface area contributed by atoms with Crippen molar-refractivity contribution in [1.82, 2.24) is 4.98 Å². The maximum absolute atomic E-state index is 10.2. The van der Waals surface area contributed by atoms with E-state index in [-0.39, 0.29) is 0 Å². The molecule has 0 fully saturated rings. The fourth-order valence-corrected chi connectivity index (χ4v) is 2.19. The van der Waals surface area contributed by atoms with Crippen molar-refractivity contribution in [2.24, 2.45) is 0 Å². The quantitative estimate of drug-likeness (QED) is 0.835. The lowest BCUT2D eigenvalue weighted by molar-refractivity contribution is 0.0801. The van der Waals surface area contributed by atoms with E-state index in [1.807, 2.05) is 32.0 Å². The van der Waals surface area contributed by atoms with Gasteiger partial charge in [-0.3, -0.25) is 4.98 Å². The van der Waals surface area contributed by atoms with E-state index in [1.54, 1.807) is 13.8 Å². The van der Waals surface area contributed by atoms with Crippen molar-refractivity contribution in [3.63, 3.8) is 0 Å². The smallest absolute Gasteiger partial charge is 0.0847 e. The van der Waals surface area contributed by atoms with Crippen LogP contribution >= 0.6 is 11.6 Å². The predicted octanol–water partition coefficient (Wildman–Crippen LogP) is 3.73. The number of halogens is 1. The van der Waals surface area contributed by atoms with E-state index in [0.29, 0.717) is 5.02 Å². The van der Waals surface area contributed by atoms with E-state index >= 15 is 0 Å². The van der Waals surface area contributed by atoms with Crippen molar-refractivity contribution in [2.45, 2.75) is 33.3 Å². The summed E-state index contributed by atoms with van der Waals surface area (Å²) < 4.78 is 0. The van der Waals surface area contributed by atoms with E-state index in [9.17, 15) is 5.11 Å². The second-order valence-corrected chi connectivity index (χ2v) is 5.35. The first-order chi connectivity index (χ1) is 7.80. The molecule has 0 unspecified atom stereocenters. The zero-order chi connectivity index (χ0) is 12.8. The molecule has 3 heteroatoms. The Morgan fingerprint density at radius 1 is 1.24 bits per heavy atom. The summed E-state index contributed by atoms with van der Waals surface area (Å²) in [6.45, 7) is 7.44. The number of aromatic nitrogens is 1. The van der Waals surface area contributed by atoms with Crippen molar-refractivity contribution in [1.29, 1.82) is 0 Å². The molecule has 0 bridgehead atoms. The lowest BCUT2D eigenvalue weighted by atomic mass is 9.93. The van der Waals surface area contributed by atoms with Gasteiger partial charge in [-0.15, -0.1) is 0 Å². The lowest BCUT2D eigenvalue weighted by Crippen LogP contribution is -2.16. The molecule has 0 aliphatic carbocycles. The maximum atomic E-state index is 10.2. The van der Waals surface area contributed by atoms with Crippen LogP contribution in [0.5, 0.6) is 0 Å². The molecule has 2 rings (SSSR count). The number of hydrogen-bond donors (Lipinski definition) is 1. The zero-order valence-electron chi connectivity index (χ0n) is 10.5. The number of fused-ring (bicyclic) bond motifs is 1. The minimum absolute atomic E-state index is 0.706. The normalized spacial score (nSPS) is 12.1. The summed E-state index contributed by atoms with van der Waals surface area (Å²) in [5.74, 6) is 0. The van der Waals surface area contributed by atoms with Crippen LogP contribution in [0.15, 0.2) is 18.2 Å². The Bertz CT molecular complexity index is 585. The fraction of sp³-hybridized carbons (Fsp3) is 0.357. The average molecular weight is 250 g/mol. The molecule has 0 aliphatic heterocycles. The third-order valence-electron chi connectivity index (χ3n) is 2.96. The van der Waals surface area contributed by atoms with Gasteiger partial charge in [-0.05, 0) is 51.0 Å². The Morgan fingerprint density at radius 3 is 2.47 bits per heavy atom. The Balaban J connectivity index is 2.92. The van der Waals surface area contributed by atoms with Gasteiger partial charge in [0.25, 0.3) is 0 Å². The molecule has 1 N–H and O–H groups in total. The largest absolute Gasteiger partial charge is 0.386 e. The van der Waals surface area contributed by atoms with Gasteiger partial charge in [0.2, 0.25) is 0 Å². The Morgan fingerprint density at radius 2 is 1.88 bits per heavy atom. The number of aryl methyl sites for hydroxylation is 2.